The molecular formula is C36H27N. The minimum Gasteiger partial charge on any atom is -0.356 e. The number of rotatable bonds is 6. The first-order valence-corrected chi connectivity index (χ1v) is 12.6. The van der Waals surface area contributed by atoms with Crippen molar-refractivity contribution in [2.24, 2.45) is 0 Å². The predicted molar refractivity (Wildman–Crippen MR) is 158 cm³/mol. The smallest absolute Gasteiger partial charge is 0.0384 e. The van der Waals surface area contributed by atoms with Crippen molar-refractivity contribution < 1.29 is 0 Å². The van der Waals surface area contributed by atoms with Crippen molar-refractivity contribution in [1.82, 2.24) is 0 Å². The normalized spacial score (nSPS) is 10.7. The molecule has 1 N–H and O–H groups in total. The van der Waals surface area contributed by atoms with Crippen LogP contribution in [-0.2, 0) is 0 Å². The van der Waals surface area contributed by atoms with Crippen molar-refractivity contribution in [1.29, 1.82) is 0 Å². The topological polar surface area (TPSA) is 12.0 Å². The van der Waals surface area contributed by atoms with E-state index in [1.54, 1.807) is 0 Å². The lowest BCUT2D eigenvalue weighted by Gasteiger charge is -2.14. The summed E-state index contributed by atoms with van der Waals surface area (Å²) in [5.41, 5.74) is 11.9. The third-order valence-corrected chi connectivity index (χ3v) is 6.69. The molecule has 0 heterocycles. The van der Waals surface area contributed by atoms with Crippen molar-refractivity contribution in [2.75, 3.05) is 5.32 Å². The van der Waals surface area contributed by atoms with Gasteiger partial charge in [0, 0.05) is 11.4 Å². The average molecular weight is 474 g/mol. The monoisotopic (exact) mass is 473 g/mol. The summed E-state index contributed by atoms with van der Waals surface area (Å²) in [7, 11) is 0. The summed E-state index contributed by atoms with van der Waals surface area (Å²) < 4.78 is 0. The Balaban J connectivity index is 1.30. The van der Waals surface area contributed by atoms with Gasteiger partial charge in [0.05, 0.1) is 0 Å². The van der Waals surface area contributed by atoms with Crippen molar-refractivity contribution >= 4 is 11.4 Å². The van der Waals surface area contributed by atoms with E-state index in [1.165, 1.54) is 44.5 Å². The fourth-order valence-electron chi connectivity index (χ4n) is 4.74. The zero-order chi connectivity index (χ0) is 24.9. The molecule has 0 aliphatic heterocycles. The lowest BCUT2D eigenvalue weighted by Crippen LogP contribution is -1.91. The molecule has 6 rings (SSSR count). The van der Waals surface area contributed by atoms with Gasteiger partial charge in [-0.2, -0.15) is 0 Å². The summed E-state index contributed by atoms with van der Waals surface area (Å²) in [6.45, 7) is 0. The molecule has 37 heavy (non-hydrogen) atoms. The Morgan fingerprint density at radius 1 is 0.270 bits per heavy atom. The number of anilines is 2. The zero-order valence-electron chi connectivity index (χ0n) is 20.5. The number of benzene rings is 6. The van der Waals surface area contributed by atoms with Crippen molar-refractivity contribution in [3.8, 4) is 44.5 Å². The first-order chi connectivity index (χ1) is 18.3. The van der Waals surface area contributed by atoms with Gasteiger partial charge in [0.1, 0.15) is 0 Å². The van der Waals surface area contributed by atoms with E-state index >= 15 is 0 Å². The van der Waals surface area contributed by atoms with Crippen LogP contribution in [0.4, 0.5) is 11.4 Å². The zero-order valence-corrected chi connectivity index (χ0v) is 20.5. The van der Waals surface area contributed by atoms with Crippen LogP contribution in [0.3, 0.4) is 0 Å². The molecule has 0 spiro atoms. The second-order valence-corrected chi connectivity index (χ2v) is 9.14. The van der Waals surface area contributed by atoms with Gasteiger partial charge >= 0.3 is 0 Å². The molecule has 0 aliphatic rings. The van der Waals surface area contributed by atoms with Gasteiger partial charge in [0.2, 0.25) is 0 Å². The summed E-state index contributed by atoms with van der Waals surface area (Å²) in [4.78, 5) is 0. The average Bonchev–Trinajstić information content (AvgIpc) is 2.99. The molecule has 0 saturated carbocycles. The molecule has 0 saturated heterocycles. The maximum Gasteiger partial charge on any atom is 0.0384 e. The van der Waals surface area contributed by atoms with Gasteiger partial charge in [0.15, 0.2) is 0 Å². The van der Waals surface area contributed by atoms with Gasteiger partial charge in [-0.15, -0.1) is 0 Å². The lowest BCUT2D eigenvalue weighted by molar-refractivity contribution is 1.53. The maximum absolute atomic E-state index is 3.54. The van der Waals surface area contributed by atoms with Crippen LogP contribution in [-0.4, -0.2) is 0 Å². The highest BCUT2D eigenvalue weighted by molar-refractivity contribution is 5.87. The van der Waals surface area contributed by atoms with E-state index in [9.17, 15) is 0 Å². The minimum atomic E-state index is 1.07. The Hall–Kier alpha value is -4.88. The van der Waals surface area contributed by atoms with E-state index < -0.39 is 0 Å². The van der Waals surface area contributed by atoms with E-state index in [0.717, 1.165) is 11.4 Å². The molecular weight excluding hydrogens is 446 g/mol. The Kier molecular flexibility index (Phi) is 6.34. The summed E-state index contributed by atoms with van der Waals surface area (Å²) in [6, 6.07) is 55.7. The van der Waals surface area contributed by atoms with Crippen LogP contribution in [0.25, 0.3) is 44.5 Å². The molecule has 0 fully saturated rings. The molecule has 6 aromatic rings. The van der Waals surface area contributed by atoms with Crippen molar-refractivity contribution in [2.45, 2.75) is 0 Å². The van der Waals surface area contributed by atoms with Crippen LogP contribution < -0.4 is 5.32 Å². The molecule has 0 unspecified atom stereocenters. The number of hydrogen-bond acceptors (Lipinski definition) is 1. The van der Waals surface area contributed by atoms with Crippen LogP contribution in [0.1, 0.15) is 0 Å². The summed E-state index contributed by atoms with van der Waals surface area (Å²) in [5, 5.41) is 3.54. The largest absolute Gasteiger partial charge is 0.356 e. The van der Waals surface area contributed by atoms with E-state index in [2.05, 4.69) is 157 Å². The van der Waals surface area contributed by atoms with Crippen LogP contribution in [0, 0.1) is 0 Å². The standard InChI is InChI=1S/C36H27N/c1-4-10-27(11-5-1)29-16-21-33(22-17-29)37-34-23-18-31(19-24-34)36-26-32(28-12-6-2-7-13-28)20-25-35(36)30-14-8-3-9-15-30/h1-26,37H. The Labute approximate surface area is 218 Å². The molecule has 1 nitrogen and oxygen atoms in total. The quantitative estimate of drug-likeness (QED) is 0.254. The maximum atomic E-state index is 3.54. The molecule has 0 atom stereocenters. The first kappa shape index (κ1) is 22.6. The van der Waals surface area contributed by atoms with Gasteiger partial charge in [-0.05, 0) is 74.8 Å². The summed E-state index contributed by atoms with van der Waals surface area (Å²) in [5.74, 6) is 0. The summed E-state index contributed by atoms with van der Waals surface area (Å²) in [6.07, 6.45) is 0. The van der Waals surface area contributed by atoms with Crippen LogP contribution in [0.2, 0.25) is 0 Å². The molecule has 0 bridgehead atoms. The third-order valence-electron chi connectivity index (χ3n) is 6.69. The molecule has 0 aromatic heterocycles. The second kappa shape index (κ2) is 10.4. The lowest BCUT2D eigenvalue weighted by atomic mass is 9.91. The van der Waals surface area contributed by atoms with Gasteiger partial charge in [-0.3, -0.25) is 0 Å². The van der Waals surface area contributed by atoms with Crippen LogP contribution >= 0.6 is 0 Å². The van der Waals surface area contributed by atoms with E-state index in [-0.39, 0.29) is 0 Å². The first-order valence-electron chi connectivity index (χ1n) is 12.6. The molecule has 6 aromatic carbocycles. The van der Waals surface area contributed by atoms with Gasteiger partial charge in [-0.1, -0.05) is 127 Å². The number of nitrogens with one attached hydrogen (secondary N) is 1. The Morgan fingerprint density at radius 2 is 0.649 bits per heavy atom. The predicted octanol–water partition coefficient (Wildman–Crippen LogP) is 10.1. The van der Waals surface area contributed by atoms with E-state index in [1.807, 2.05) is 6.07 Å². The van der Waals surface area contributed by atoms with Crippen molar-refractivity contribution in [3.63, 3.8) is 0 Å². The fourth-order valence-corrected chi connectivity index (χ4v) is 4.74. The second-order valence-electron chi connectivity index (χ2n) is 9.14. The highest BCUT2D eigenvalue weighted by atomic mass is 14.9. The van der Waals surface area contributed by atoms with E-state index in [0.29, 0.717) is 0 Å². The fraction of sp³-hybridized carbons (Fsp3) is 0. The highest BCUT2D eigenvalue weighted by Crippen LogP contribution is 2.36. The highest BCUT2D eigenvalue weighted by Gasteiger charge is 2.10. The molecule has 176 valence electrons. The van der Waals surface area contributed by atoms with Crippen LogP contribution in [0.15, 0.2) is 158 Å². The molecule has 0 radical (unpaired) electrons. The third kappa shape index (κ3) is 5.07. The molecule has 0 amide bonds. The Bertz CT molecular complexity index is 1590. The summed E-state index contributed by atoms with van der Waals surface area (Å²) >= 11 is 0. The number of hydrogen-bond donors (Lipinski definition) is 1. The molecule has 1 heteroatoms. The van der Waals surface area contributed by atoms with Gasteiger partial charge < -0.3 is 5.32 Å². The Morgan fingerprint density at radius 3 is 1.19 bits per heavy atom. The molecule has 0 aliphatic carbocycles. The minimum absolute atomic E-state index is 1.07. The van der Waals surface area contributed by atoms with Crippen LogP contribution in [0.5, 0.6) is 0 Å². The van der Waals surface area contributed by atoms with E-state index in [4.69, 9.17) is 0 Å². The van der Waals surface area contributed by atoms with Gasteiger partial charge in [0.25, 0.3) is 0 Å². The van der Waals surface area contributed by atoms with Crippen molar-refractivity contribution in [3.05, 3.63) is 158 Å². The van der Waals surface area contributed by atoms with Gasteiger partial charge in [-0.25, -0.2) is 0 Å². The SMILES string of the molecule is c1ccc(-c2ccc(Nc3ccc(-c4cc(-c5ccccc5)ccc4-c4ccccc4)cc3)cc2)cc1.